The fourth-order valence-corrected chi connectivity index (χ4v) is 4.19. The molecule has 2 aromatic carbocycles. The van der Waals surface area contributed by atoms with Crippen molar-refractivity contribution in [1.82, 2.24) is 0 Å². The van der Waals surface area contributed by atoms with Crippen molar-refractivity contribution in [3.8, 4) is 5.75 Å². The Labute approximate surface area is 207 Å². The third-order valence-corrected chi connectivity index (χ3v) is 5.98. The molecular formula is C25H27ClF3NO3S. The highest BCUT2D eigenvalue weighted by Crippen LogP contribution is 2.38. The van der Waals surface area contributed by atoms with Gasteiger partial charge in [-0.2, -0.15) is 13.2 Å². The zero-order valence-electron chi connectivity index (χ0n) is 19.1. The molecule has 1 atom stereocenters. The molecule has 0 radical (unpaired) electrons. The summed E-state index contributed by atoms with van der Waals surface area (Å²) in [5.74, 6) is -0.811. The van der Waals surface area contributed by atoms with E-state index in [-0.39, 0.29) is 23.1 Å². The van der Waals surface area contributed by atoms with Crippen LogP contribution in [0.2, 0.25) is 5.02 Å². The number of ether oxygens (including phenoxy) is 1. The Hall–Kier alpha value is -2.45. The van der Waals surface area contributed by atoms with Gasteiger partial charge in [-0.15, -0.1) is 12.6 Å². The molecule has 1 unspecified atom stereocenters. The van der Waals surface area contributed by atoms with Crippen molar-refractivity contribution in [2.24, 2.45) is 4.99 Å². The van der Waals surface area contributed by atoms with Gasteiger partial charge in [-0.25, -0.2) is 0 Å². The lowest BCUT2D eigenvalue weighted by Gasteiger charge is -2.11. The van der Waals surface area contributed by atoms with Gasteiger partial charge < -0.3 is 9.84 Å². The summed E-state index contributed by atoms with van der Waals surface area (Å²) in [4.78, 5) is 15.8. The first kappa shape index (κ1) is 27.8. The lowest BCUT2D eigenvalue weighted by atomic mass is 9.94. The van der Waals surface area contributed by atoms with Gasteiger partial charge in [0.15, 0.2) is 6.61 Å². The Bertz CT molecular complexity index is 1080. The summed E-state index contributed by atoms with van der Waals surface area (Å²) in [6.45, 7) is 4.57. The first-order valence-electron chi connectivity index (χ1n) is 10.8. The van der Waals surface area contributed by atoms with E-state index in [1.165, 1.54) is 23.9 Å². The summed E-state index contributed by atoms with van der Waals surface area (Å²) in [6, 6.07) is 8.26. The molecule has 0 bridgehead atoms. The van der Waals surface area contributed by atoms with Crippen molar-refractivity contribution >= 4 is 41.3 Å². The van der Waals surface area contributed by atoms with Crippen molar-refractivity contribution in [3.63, 3.8) is 0 Å². The smallest absolute Gasteiger partial charge is 0.422 e. The van der Waals surface area contributed by atoms with Crippen LogP contribution >= 0.6 is 24.2 Å². The highest BCUT2D eigenvalue weighted by molar-refractivity contribution is 7.90. The number of fused-ring (bicyclic) bond motifs is 1. The van der Waals surface area contributed by atoms with Crippen LogP contribution in [0.3, 0.4) is 0 Å². The van der Waals surface area contributed by atoms with Crippen molar-refractivity contribution < 1.29 is 27.8 Å². The normalized spacial score (nSPS) is 15.6. The third-order valence-electron chi connectivity index (χ3n) is 5.31. The minimum absolute atomic E-state index is 0.0426. The molecule has 184 valence electrons. The Balaban J connectivity index is 0.00000199. The monoisotopic (exact) mass is 513 g/mol. The minimum atomic E-state index is -4.45. The van der Waals surface area contributed by atoms with Gasteiger partial charge in [-0.3, -0.25) is 9.79 Å². The number of hydrogen-bond acceptors (Lipinski definition) is 4. The molecule has 0 aliphatic heterocycles. The van der Waals surface area contributed by atoms with Crippen molar-refractivity contribution in [2.75, 3.05) is 6.61 Å². The second kappa shape index (κ2) is 12.3. The van der Waals surface area contributed by atoms with E-state index in [0.29, 0.717) is 10.5 Å². The summed E-state index contributed by atoms with van der Waals surface area (Å²) in [6.07, 6.45) is 0.568. The molecule has 9 heteroatoms. The molecule has 0 saturated carbocycles. The minimum Gasteiger partial charge on any atom is -0.483 e. The second-order valence-electron chi connectivity index (χ2n) is 7.52. The SMILES string of the molecule is CC.Cc1c(C=N/C=C(\S)c2ccc(OCC(F)(F)F)c(Cl)c2)ccc2c1CCC2CC(=O)O. The summed E-state index contributed by atoms with van der Waals surface area (Å²) in [7, 11) is 0. The quantitative estimate of drug-likeness (QED) is 0.298. The number of carboxylic acids is 1. The van der Waals surface area contributed by atoms with Gasteiger partial charge in [0.1, 0.15) is 5.75 Å². The van der Waals surface area contributed by atoms with Gasteiger partial charge in [0.2, 0.25) is 0 Å². The average Bonchev–Trinajstić information content (AvgIpc) is 3.18. The van der Waals surface area contributed by atoms with Crippen LogP contribution in [0.25, 0.3) is 4.91 Å². The predicted octanol–water partition coefficient (Wildman–Crippen LogP) is 7.47. The van der Waals surface area contributed by atoms with Crippen molar-refractivity contribution in [1.29, 1.82) is 0 Å². The largest absolute Gasteiger partial charge is 0.483 e. The van der Waals surface area contributed by atoms with Crippen LogP contribution in [0.5, 0.6) is 5.75 Å². The Morgan fingerprint density at radius 3 is 2.62 bits per heavy atom. The number of hydrogen-bond donors (Lipinski definition) is 2. The molecule has 0 amide bonds. The number of carbonyl (C=O) groups is 1. The lowest BCUT2D eigenvalue weighted by Crippen LogP contribution is -2.19. The fraction of sp³-hybridized carbons (Fsp3) is 0.360. The zero-order valence-corrected chi connectivity index (χ0v) is 20.8. The van der Waals surface area contributed by atoms with Crippen molar-refractivity contribution in [3.05, 3.63) is 69.4 Å². The molecule has 1 aliphatic rings. The first-order valence-corrected chi connectivity index (χ1v) is 11.6. The van der Waals surface area contributed by atoms with Crippen LogP contribution in [-0.4, -0.2) is 30.1 Å². The zero-order chi connectivity index (χ0) is 25.5. The van der Waals surface area contributed by atoms with E-state index in [2.05, 4.69) is 22.4 Å². The molecule has 2 aromatic rings. The number of thiol groups is 1. The van der Waals surface area contributed by atoms with E-state index < -0.39 is 18.8 Å². The van der Waals surface area contributed by atoms with Crippen LogP contribution < -0.4 is 4.74 Å². The van der Waals surface area contributed by atoms with Crippen LogP contribution in [0.15, 0.2) is 41.5 Å². The first-order chi connectivity index (χ1) is 16.0. The Kier molecular flexibility index (Phi) is 10.1. The number of alkyl halides is 3. The highest BCUT2D eigenvalue weighted by atomic mass is 35.5. The van der Waals surface area contributed by atoms with Crippen LogP contribution in [-0.2, 0) is 11.2 Å². The number of halogens is 4. The number of benzene rings is 2. The third kappa shape index (κ3) is 7.53. The topological polar surface area (TPSA) is 58.9 Å². The summed E-state index contributed by atoms with van der Waals surface area (Å²) < 4.78 is 41.6. The summed E-state index contributed by atoms with van der Waals surface area (Å²) in [5, 5.41) is 9.12. The lowest BCUT2D eigenvalue weighted by molar-refractivity contribution is -0.153. The molecule has 0 fully saturated rings. The van der Waals surface area contributed by atoms with E-state index in [1.807, 2.05) is 32.9 Å². The molecule has 0 aromatic heterocycles. The standard InChI is InChI=1S/C23H21ClF3NO3S.C2H6/c1-13-16(3-6-18-14(9-22(29)30)2-5-17(13)18)10-28-11-21(32)15-4-7-20(19(24)8-15)31-12-23(25,26)27;1-2/h3-4,6-8,10-11,14,32H,2,5,9,12H2,1H3,(H,29,30);1-2H3/b21-11-,28-10?;. The van der Waals surface area contributed by atoms with E-state index >= 15 is 0 Å². The van der Waals surface area contributed by atoms with Crippen LogP contribution in [0, 0.1) is 6.92 Å². The van der Waals surface area contributed by atoms with Gasteiger partial charge in [0, 0.05) is 17.3 Å². The molecule has 0 heterocycles. The highest BCUT2D eigenvalue weighted by Gasteiger charge is 2.29. The Morgan fingerprint density at radius 2 is 2.00 bits per heavy atom. The average molecular weight is 514 g/mol. The maximum atomic E-state index is 12.3. The number of rotatable bonds is 7. The maximum Gasteiger partial charge on any atom is 0.422 e. The van der Waals surface area contributed by atoms with Gasteiger partial charge >= 0.3 is 12.1 Å². The van der Waals surface area contributed by atoms with Gasteiger partial charge in [0.25, 0.3) is 0 Å². The van der Waals surface area contributed by atoms with Gasteiger partial charge in [0.05, 0.1) is 11.4 Å². The summed E-state index contributed by atoms with van der Waals surface area (Å²) in [5.41, 5.74) is 4.84. The number of carboxylic acid groups (broad SMARTS) is 1. The molecule has 3 rings (SSSR count). The molecule has 4 nitrogen and oxygen atoms in total. The predicted molar refractivity (Wildman–Crippen MR) is 133 cm³/mol. The van der Waals surface area contributed by atoms with Gasteiger partial charge in [-0.05, 0) is 65.6 Å². The van der Waals surface area contributed by atoms with E-state index in [0.717, 1.165) is 29.5 Å². The molecular weight excluding hydrogens is 487 g/mol. The molecule has 0 saturated heterocycles. The molecule has 0 spiro atoms. The maximum absolute atomic E-state index is 12.3. The number of nitrogens with zero attached hydrogens (tertiary/aromatic N) is 1. The number of aliphatic carboxylic acids is 1. The second-order valence-corrected chi connectivity index (χ2v) is 8.41. The fourth-order valence-electron chi connectivity index (χ4n) is 3.75. The molecule has 34 heavy (non-hydrogen) atoms. The van der Waals surface area contributed by atoms with Crippen molar-refractivity contribution in [2.45, 2.75) is 52.1 Å². The molecule has 1 N–H and O–H groups in total. The Morgan fingerprint density at radius 1 is 1.29 bits per heavy atom. The van der Waals surface area contributed by atoms with E-state index in [9.17, 15) is 18.0 Å². The summed E-state index contributed by atoms with van der Waals surface area (Å²) >= 11 is 10.4. The van der Waals surface area contributed by atoms with E-state index in [4.69, 9.17) is 16.7 Å². The van der Waals surface area contributed by atoms with E-state index in [1.54, 1.807) is 12.3 Å². The van der Waals surface area contributed by atoms with Crippen LogP contribution in [0.1, 0.15) is 60.4 Å². The number of aliphatic imine (C=N–C) groups is 1. The molecule has 1 aliphatic carbocycles. The van der Waals surface area contributed by atoms with Crippen LogP contribution in [0.4, 0.5) is 13.2 Å². The van der Waals surface area contributed by atoms with Gasteiger partial charge in [-0.1, -0.05) is 43.6 Å².